The maximum atomic E-state index is 12.8. The van der Waals surface area contributed by atoms with Gasteiger partial charge in [-0.2, -0.15) is 0 Å². The van der Waals surface area contributed by atoms with E-state index in [0.717, 1.165) is 0 Å². The molecule has 0 atom stereocenters. The summed E-state index contributed by atoms with van der Waals surface area (Å²) in [4.78, 5) is 14.3. The van der Waals surface area contributed by atoms with Crippen molar-refractivity contribution < 1.29 is 9.18 Å². The number of hydrogen-bond acceptors (Lipinski definition) is 2. The fourth-order valence-electron chi connectivity index (χ4n) is 1.37. The molecule has 0 saturated carbocycles. The summed E-state index contributed by atoms with van der Waals surface area (Å²) in [6, 6.07) is 4.02. The number of nitrogens with zero attached hydrogens (tertiary/aromatic N) is 3. The molecule has 1 aromatic carbocycles. The first-order valence-electron chi connectivity index (χ1n) is 5.20. The van der Waals surface area contributed by atoms with Gasteiger partial charge in [-0.3, -0.25) is 4.79 Å². The lowest BCUT2D eigenvalue weighted by atomic mass is 10.1. The van der Waals surface area contributed by atoms with E-state index in [4.69, 9.17) is 5.53 Å². The van der Waals surface area contributed by atoms with Crippen LogP contribution in [-0.2, 0) is 0 Å². The van der Waals surface area contributed by atoms with Crippen molar-refractivity contribution in [3.05, 3.63) is 45.6 Å². The Kier molecular flexibility index (Phi) is 4.97. The van der Waals surface area contributed by atoms with Gasteiger partial charge in [0.1, 0.15) is 5.82 Å². The Morgan fingerprint density at radius 1 is 1.59 bits per heavy atom. The number of benzene rings is 1. The summed E-state index contributed by atoms with van der Waals surface area (Å²) in [5, 5.41) is 6.02. The Balaban J connectivity index is 2.49. The van der Waals surface area contributed by atoms with Gasteiger partial charge in [0.15, 0.2) is 0 Å². The molecule has 17 heavy (non-hydrogen) atoms. The molecule has 1 aromatic rings. The smallest absolute Gasteiger partial charge is 0.251 e. The summed E-state index contributed by atoms with van der Waals surface area (Å²) in [5.74, 6) is -0.606. The molecule has 1 N–H and O–H groups in total. The molecule has 1 rings (SSSR count). The van der Waals surface area contributed by atoms with Gasteiger partial charge in [-0.25, -0.2) is 4.39 Å². The van der Waals surface area contributed by atoms with Crippen LogP contribution in [0.5, 0.6) is 0 Å². The van der Waals surface area contributed by atoms with Gasteiger partial charge < -0.3 is 5.32 Å². The molecule has 0 heterocycles. The van der Waals surface area contributed by atoms with Gasteiger partial charge in [0.05, 0.1) is 0 Å². The van der Waals surface area contributed by atoms with Crippen LogP contribution in [-0.4, -0.2) is 19.0 Å². The zero-order valence-corrected chi connectivity index (χ0v) is 9.48. The van der Waals surface area contributed by atoms with Gasteiger partial charge in [-0.1, -0.05) is 5.11 Å². The highest BCUT2D eigenvalue weighted by Crippen LogP contribution is 2.09. The molecule has 6 heteroatoms. The second kappa shape index (κ2) is 6.50. The fourth-order valence-corrected chi connectivity index (χ4v) is 1.37. The normalized spacial score (nSPS) is 9.53. The lowest BCUT2D eigenvalue weighted by Gasteiger charge is -2.06. The Labute approximate surface area is 98.3 Å². The lowest BCUT2D eigenvalue weighted by Crippen LogP contribution is -2.25. The van der Waals surface area contributed by atoms with Crippen LogP contribution in [0.2, 0.25) is 0 Å². The number of carbonyl (C=O) groups is 1. The Morgan fingerprint density at radius 2 is 2.35 bits per heavy atom. The maximum absolute atomic E-state index is 12.8. The molecule has 0 saturated heterocycles. The molecule has 0 aliphatic heterocycles. The third-order valence-electron chi connectivity index (χ3n) is 2.22. The zero-order valence-electron chi connectivity index (χ0n) is 9.48. The zero-order chi connectivity index (χ0) is 12.7. The Bertz CT molecular complexity index is 455. The molecule has 0 aromatic heterocycles. The fraction of sp³-hybridized carbons (Fsp3) is 0.364. The van der Waals surface area contributed by atoms with Crippen molar-refractivity contribution in [1.82, 2.24) is 5.32 Å². The molecular weight excluding hydrogens is 223 g/mol. The molecule has 0 bridgehead atoms. The minimum atomic E-state index is -0.359. The van der Waals surface area contributed by atoms with E-state index in [1.807, 2.05) is 0 Å². The van der Waals surface area contributed by atoms with Crippen LogP contribution in [0.3, 0.4) is 0 Å². The van der Waals surface area contributed by atoms with Crippen LogP contribution in [0.25, 0.3) is 10.4 Å². The quantitative estimate of drug-likeness (QED) is 0.362. The van der Waals surface area contributed by atoms with Gasteiger partial charge >= 0.3 is 0 Å². The molecule has 5 nitrogen and oxygen atoms in total. The minimum absolute atomic E-state index is 0.247. The molecule has 0 aliphatic rings. The molecule has 1 amide bonds. The average molecular weight is 236 g/mol. The first-order valence-corrected chi connectivity index (χ1v) is 5.20. The second-order valence-electron chi connectivity index (χ2n) is 3.52. The van der Waals surface area contributed by atoms with Crippen LogP contribution in [0.1, 0.15) is 22.3 Å². The van der Waals surface area contributed by atoms with Crippen molar-refractivity contribution in [3.63, 3.8) is 0 Å². The monoisotopic (exact) mass is 236 g/mol. The third kappa shape index (κ3) is 4.12. The highest BCUT2D eigenvalue weighted by Gasteiger charge is 2.08. The van der Waals surface area contributed by atoms with Crippen molar-refractivity contribution in [2.75, 3.05) is 13.1 Å². The highest BCUT2D eigenvalue weighted by molar-refractivity contribution is 5.95. The first-order chi connectivity index (χ1) is 8.15. The van der Waals surface area contributed by atoms with E-state index in [9.17, 15) is 9.18 Å². The maximum Gasteiger partial charge on any atom is 0.251 e. The molecule has 0 radical (unpaired) electrons. The van der Waals surface area contributed by atoms with Crippen molar-refractivity contribution in [2.45, 2.75) is 13.3 Å². The number of nitrogens with one attached hydrogen (secondary N) is 1. The molecule has 0 spiro atoms. The van der Waals surface area contributed by atoms with Gasteiger partial charge in [-0.05, 0) is 42.6 Å². The summed E-state index contributed by atoms with van der Waals surface area (Å²) in [6.45, 7) is 2.45. The average Bonchev–Trinajstić information content (AvgIpc) is 2.28. The molecule has 90 valence electrons. The van der Waals surface area contributed by atoms with Crippen molar-refractivity contribution in [1.29, 1.82) is 0 Å². The number of amides is 1. The van der Waals surface area contributed by atoms with Gasteiger partial charge in [0.2, 0.25) is 0 Å². The largest absolute Gasteiger partial charge is 0.352 e. The predicted octanol–water partition coefficient (Wildman–Crippen LogP) is 2.56. The molecule has 0 aliphatic carbocycles. The van der Waals surface area contributed by atoms with Crippen LogP contribution in [0, 0.1) is 12.7 Å². The SMILES string of the molecule is Cc1cc(F)ccc1C(=O)NCCCN=[N+]=[N-]. The van der Waals surface area contributed by atoms with E-state index in [1.54, 1.807) is 6.92 Å². The lowest BCUT2D eigenvalue weighted by molar-refractivity contribution is 0.0953. The van der Waals surface area contributed by atoms with Crippen LogP contribution in [0.15, 0.2) is 23.3 Å². The molecular formula is C11H13FN4O. The second-order valence-corrected chi connectivity index (χ2v) is 3.52. The van der Waals surface area contributed by atoms with Crippen LogP contribution in [0.4, 0.5) is 4.39 Å². The molecule has 0 fully saturated rings. The van der Waals surface area contributed by atoms with E-state index < -0.39 is 0 Å². The van der Waals surface area contributed by atoms with Crippen molar-refractivity contribution in [3.8, 4) is 0 Å². The summed E-state index contributed by atoms with van der Waals surface area (Å²) >= 11 is 0. The number of halogens is 1. The summed E-state index contributed by atoms with van der Waals surface area (Å²) in [5.41, 5.74) is 9.10. The van der Waals surface area contributed by atoms with E-state index in [1.165, 1.54) is 18.2 Å². The summed E-state index contributed by atoms with van der Waals surface area (Å²) in [6.07, 6.45) is 0.579. The van der Waals surface area contributed by atoms with E-state index in [2.05, 4.69) is 15.3 Å². The number of hydrogen-bond donors (Lipinski definition) is 1. The van der Waals surface area contributed by atoms with Crippen LogP contribution < -0.4 is 5.32 Å². The van der Waals surface area contributed by atoms with E-state index >= 15 is 0 Å². The topological polar surface area (TPSA) is 77.9 Å². The standard InChI is InChI=1S/C11H13FN4O/c1-8-7-9(12)3-4-10(8)11(17)14-5-2-6-15-16-13/h3-4,7H,2,5-6H2,1H3,(H,14,17). The summed E-state index contributed by atoms with van der Waals surface area (Å²) in [7, 11) is 0. The number of carbonyl (C=O) groups excluding carboxylic acids is 1. The van der Waals surface area contributed by atoms with Gasteiger partial charge in [-0.15, -0.1) is 0 Å². The minimum Gasteiger partial charge on any atom is -0.352 e. The van der Waals surface area contributed by atoms with E-state index in [-0.39, 0.29) is 11.7 Å². The first kappa shape index (κ1) is 13.0. The Morgan fingerprint density at radius 3 is 3.00 bits per heavy atom. The van der Waals surface area contributed by atoms with Crippen LogP contribution >= 0.6 is 0 Å². The third-order valence-corrected chi connectivity index (χ3v) is 2.22. The number of azide groups is 1. The molecule has 0 unspecified atom stereocenters. The summed E-state index contributed by atoms with van der Waals surface area (Å²) < 4.78 is 12.8. The van der Waals surface area contributed by atoms with E-state index in [0.29, 0.717) is 30.6 Å². The van der Waals surface area contributed by atoms with Crippen molar-refractivity contribution >= 4 is 5.91 Å². The Hall–Kier alpha value is -2.07. The highest BCUT2D eigenvalue weighted by atomic mass is 19.1. The van der Waals surface area contributed by atoms with Gasteiger partial charge in [0, 0.05) is 23.6 Å². The van der Waals surface area contributed by atoms with Crippen molar-refractivity contribution in [2.24, 2.45) is 5.11 Å². The number of rotatable bonds is 5. The van der Waals surface area contributed by atoms with Gasteiger partial charge in [0.25, 0.3) is 5.91 Å². The predicted molar refractivity (Wildman–Crippen MR) is 62.1 cm³/mol. The number of aryl methyl sites for hydroxylation is 1.